The highest BCUT2D eigenvalue weighted by atomic mass is 35.5. The van der Waals surface area contributed by atoms with Crippen LogP contribution in [0.25, 0.3) is 0 Å². The van der Waals surface area contributed by atoms with Gasteiger partial charge in [0, 0.05) is 49.9 Å². The molecule has 196 valence electrons. The zero-order valence-corrected chi connectivity index (χ0v) is 21.8. The summed E-state index contributed by atoms with van der Waals surface area (Å²) in [6.45, 7) is 5.46. The SMILES string of the molecule is CC1(c2ccc(OCC(=O)NCCN3CCN(C(=O)c4ccc(Cl)cc4)CC3)c(Cl)c2)C=NNC(=O)N1. The Morgan fingerprint density at radius 3 is 2.51 bits per heavy atom. The van der Waals surface area contributed by atoms with Crippen LogP contribution in [0.4, 0.5) is 4.79 Å². The van der Waals surface area contributed by atoms with Gasteiger partial charge in [-0.1, -0.05) is 29.3 Å². The van der Waals surface area contributed by atoms with E-state index < -0.39 is 11.6 Å². The van der Waals surface area contributed by atoms with Crippen molar-refractivity contribution in [3.63, 3.8) is 0 Å². The second-order valence-corrected chi connectivity index (χ2v) is 9.79. The molecule has 2 heterocycles. The summed E-state index contributed by atoms with van der Waals surface area (Å²) in [6, 6.07) is 11.6. The maximum absolute atomic E-state index is 12.6. The number of urea groups is 1. The van der Waals surface area contributed by atoms with Crippen LogP contribution in [0.2, 0.25) is 10.0 Å². The number of ether oxygens (including phenoxy) is 1. The molecule has 0 bridgehead atoms. The summed E-state index contributed by atoms with van der Waals surface area (Å²) in [5, 5.41) is 10.4. The fourth-order valence-electron chi connectivity index (χ4n) is 4.10. The van der Waals surface area contributed by atoms with Crippen molar-refractivity contribution in [3.8, 4) is 5.75 Å². The molecule has 10 nitrogen and oxygen atoms in total. The lowest BCUT2D eigenvalue weighted by molar-refractivity contribution is -0.123. The maximum Gasteiger partial charge on any atom is 0.336 e. The Morgan fingerprint density at radius 1 is 1.11 bits per heavy atom. The summed E-state index contributed by atoms with van der Waals surface area (Å²) in [7, 11) is 0. The molecule has 1 fully saturated rings. The molecule has 2 aliphatic rings. The van der Waals surface area contributed by atoms with E-state index in [1.165, 1.54) is 0 Å². The van der Waals surface area contributed by atoms with E-state index in [4.69, 9.17) is 27.9 Å². The molecule has 0 saturated carbocycles. The zero-order chi connectivity index (χ0) is 26.4. The van der Waals surface area contributed by atoms with Crippen molar-refractivity contribution < 1.29 is 19.1 Å². The number of carbonyl (C=O) groups excluding carboxylic acids is 3. The Balaban J connectivity index is 1.17. The normalized spacial score (nSPS) is 19.6. The fourth-order valence-corrected chi connectivity index (χ4v) is 4.46. The third kappa shape index (κ3) is 6.91. The first-order chi connectivity index (χ1) is 17.7. The topological polar surface area (TPSA) is 115 Å². The third-order valence-corrected chi connectivity index (χ3v) is 6.80. The molecule has 4 amide bonds. The number of piperazine rings is 1. The van der Waals surface area contributed by atoms with Crippen LogP contribution in [0.15, 0.2) is 47.6 Å². The molecule has 0 spiro atoms. The highest BCUT2D eigenvalue weighted by Gasteiger charge is 2.30. The van der Waals surface area contributed by atoms with E-state index in [0.717, 1.165) is 18.7 Å². The van der Waals surface area contributed by atoms with Crippen molar-refractivity contribution in [2.45, 2.75) is 12.5 Å². The van der Waals surface area contributed by atoms with Gasteiger partial charge in [0.25, 0.3) is 11.8 Å². The van der Waals surface area contributed by atoms with Gasteiger partial charge in [0.2, 0.25) is 0 Å². The number of nitrogens with zero attached hydrogens (tertiary/aromatic N) is 3. The van der Waals surface area contributed by atoms with Gasteiger partial charge in [-0.2, -0.15) is 5.10 Å². The van der Waals surface area contributed by atoms with E-state index in [-0.39, 0.29) is 18.4 Å². The Kier molecular flexibility index (Phi) is 8.52. The summed E-state index contributed by atoms with van der Waals surface area (Å²) in [5.74, 6) is 0.0976. The van der Waals surface area contributed by atoms with Crippen LogP contribution in [0, 0.1) is 0 Å². The molecule has 12 heteroatoms. The highest BCUT2D eigenvalue weighted by molar-refractivity contribution is 6.32. The van der Waals surface area contributed by atoms with Gasteiger partial charge in [-0.3, -0.25) is 14.5 Å². The van der Waals surface area contributed by atoms with Crippen molar-refractivity contribution >= 4 is 47.3 Å². The standard InChI is InChI=1S/C25H28Cl2N6O4/c1-25(16-29-31-24(36)30-25)18-4-7-21(20(27)14-18)37-15-22(34)28-8-9-32-10-12-33(13-11-32)23(35)17-2-5-19(26)6-3-17/h2-7,14,16H,8-13,15H2,1H3,(H,28,34)(H2,30,31,36). The quantitative estimate of drug-likeness (QED) is 0.470. The smallest absolute Gasteiger partial charge is 0.336 e. The average molecular weight is 547 g/mol. The van der Waals surface area contributed by atoms with Gasteiger partial charge < -0.3 is 20.3 Å². The summed E-state index contributed by atoms with van der Waals surface area (Å²) < 4.78 is 5.58. The average Bonchev–Trinajstić information content (AvgIpc) is 2.88. The van der Waals surface area contributed by atoms with Crippen LogP contribution in [-0.2, 0) is 10.3 Å². The number of halogens is 2. The number of amides is 4. The predicted octanol–water partition coefficient (Wildman–Crippen LogP) is 2.46. The number of benzene rings is 2. The lowest BCUT2D eigenvalue weighted by Crippen LogP contribution is -2.52. The van der Waals surface area contributed by atoms with E-state index in [2.05, 4.69) is 26.1 Å². The van der Waals surface area contributed by atoms with Gasteiger partial charge in [-0.15, -0.1) is 0 Å². The summed E-state index contributed by atoms with van der Waals surface area (Å²) in [5.41, 5.74) is 2.85. The van der Waals surface area contributed by atoms with E-state index >= 15 is 0 Å². The Bertz CT molecular complexity index is 1180. The first-order valence-corrected chi connectivity index (χ1v) is 12.6. The molecule has 37 heavy (non-hydrogen) atoms. The summed E-state index contributed by atoms with van der Waals surface area (Å²) in [6.07, 6.45) is 1.57. The lowest BCUT2D eigenvalue weighted by Gasteiger charge is -2.34. The molecule has 0 aromatic heterocycles. The van der Waals surface area contributed by atoms with Crippen molar-refractivity contribution in [1.82, 2.24) is 25.9 Å². The molecule has 1 atom stereocenters. The van der Waals surface area contributed by atoms with E-state index in [0.29, 0.717) is 47.5 Å². The molecule has 2 aromatic rings. The molecule has 2 aliphatic heterocycles. The number of nitrogens with one attached hydrogen (secondary N) is 3. The minimum atomic E-state index is -0.809. The third-order valence-electron chi connectivity index (χ3n) is 6.25. The highest BCUT2D eigenvalue weighted by Crippen LogP contribution is 2.30. The Hall–Kier alpha value is -3.34. The van der Waals surface area contributed by atoms with Crippen LogP contribution in [0.5, 0.6) is 5.75 Å². The number of hydrogen-bond donors (Lipinski definition) is 3. The summed E-state index contributed by atoms with van der Waals surface area (Å²) in [4.78, 5) is 40.5. The van der Waals surface area contributed by atoms with Gasteiger partial charge in [-0.25, -0.2) is 10.2 Å². The maximum atomic E-state index is 12.6. The van der Waals surface area contributed by atoms with Crippen molar-refractivity contribution in [2.24, 2.45) is 5.10 Å². The van der Waals surface area contributed by atoms with Gasteiger partial charge in [0.1, 0.15) is 11.3 Å². The van der Waals surface area contributed by atoms with Crippen LogP contribution in [-0.4, -0.2) is 79.7 Å². The van der Waals surface area contributed by atoms with Crippen LogP contribution < -0.4 is 20.8 Å². The minimum absolute atomic E-state index is 0.00352. The number of hydrazone groups is 1. The number of rotatable bonds is 8. The minimum Gasteiger partial charge on any atom is -0.482 e. The molecular weight excluding hydrogens is 519 g/mol. The van der Waals surface area contributed by atoms with Gasteiger partial charge >= 0.3 is 6.03 Å². The molecule has 2 aromatic carbocycles. The molecule has 1 unspecified atom stereocenters. The first kappa shape index (κ1) is 26.7. The van der Waals surface area contributed by atoms with Gasteiger partial charge in [0.15, 0.2) is 6.61 Å². The van der Waals surface area contributed by atoms with E-state index in [9.17, 15) is 14.4 Å². The number of carbonyl (C=O) groups is 3. The predicted molar refractivity (Wildman–Crippen MR) is 141 cm³/mol. The Labute approximate surface area is 224 Å². The summed E-state index contributed by atoms with van der Waals surface area (Å²) >= 11 is 12.2. The van der Waals surface area contributed by atoms with Crippen molar-refractivity contribution in [2.75, 3.05) is 45.9 Å². The largest absolute Gasteiger partial charge is 0.482 e. The van der Waals surface area contributed by atoms with Gasteiger partial charge in [-0.05, 0) is 48.9 Å². The Morgan fingerprint density at radius 2 is 1.84 bits per heavy atom. The second kappa shape index (κ2) is 11.8. The van der Waals surface area contributed by atoms with Crippen molar-refractivity contribution in [1.29, 1.82) is 0 Å². The molecule has 1 saturated heterocycles. The monoisotopic (exact) mass is 546 g/mol. The molecule has 3 N–H and O–H groups in total. The van der Waals surface area contributed by atoms with Crippen molar-refractivity contribution in [3.05, 3.63) is 63.6 Å². The van der Waals surface area contributed by atoms with Crippen LogP contribution in [0.1, 0.15) is 22.8 Å². The first-order valence-electron chi connectivity index (χ1n) is 11.8. The van der Waals surface area contributed by atoms with E-state index in [1.54, 1.807) is 55.6 Å². The lowest BCUT2D eigenvalue weighted by atomic mass is 9.93. The second-order valence-electron chi connectivity index (χ2n) is 8.95. The van der Waals surface area contributed by atoms with Crippen LogP contribution >= 0.6 is 23.2 Å². The van der Waals surface area contributed by atoms with E-state index in [1.807, 2.05) is 4.90 Å². The molecule has 4 rings (SSSR count). The van der Waals surface area contributed by atoms with Gasteiger partial charge in [0.05, 0.1) is 11.2 Å². The molecule has 0 aliphatic carbocycles. The zero-order valence-electron chi connectivity index (χ0n) is 20.3. The number of hydrogen-bond acceptors (Lipinski definition) is 6. The van der Waals surface area contributed by atoms with Crippen LogP contribution in [0.3, 0.4) is 0 Å². The molecule has 0 radical (unpaired) electrons. The molecular formula is C25H28Cl2N6O4. The fraction of sp³-hybridized carbons (Fsp3) is 0.360.